The minimum Gasteiger partial charge on any atom is -0.336 e. The van der Waals surface area contributed by atoms with Gasteiger partial charge in [0.05, 0.1) is 5.56 Å². The molecule has 0 amide bonds. The Bertz CT molecular complexity index is 605. The minimum atomic E-state index is -0.335. The van der Waals surface area contributed by atoms with Crippen LogP contribution in [-0.4, -0.2) is 48.3 Å². The molecular formula is C14H17FN4O. The third-order valence-electron chi connectivity index (χ3n) is 3.56. The predicted molar refractivity (Wildman–Crippen MR) is 74.1 cm³/mol. The van der Waals surface area contributed by atoms with Gasteiger partial charge in [-0.15, -0.1) is 0 Å². The van der Waals surface area contributed by atoms with E-state index < -0.39 is 0 Å². The summed E-state index contributed by atoms with van der Waals surface area (Å²) in [5.74, 6) is 0.433. The maximum atomic E-state index is 13.9. The molecule has 0 radical (unpaired) electrons. The van der Waals surface area contributed by atoms with Crippen molar-refractivity contribution >= 4 is 5.95 Å². The van der Waals surface area contributed by atoms with Crippen LogP contribution in [0.15, 0.2) is 22.7 Å². The van der Waals surface area contributed by atoms with E-state index in [1.165, 1.54) is 6.07 Å². The Kier molecular flexibility index (Phi) is 3.40. The van der Waals surface area contributed by atoms with Crippen molar-refractivity contribution in [1.82, 2.24) is 15.0 Å². The molecule has 1 aromatic heterocycles. The summed E-state index contributed by atoms with van der Waals surface area (Å²) in [5.41, 5.74) is 1.22. The van der Waals surface area contributed by atoms with Crippen LogP contribution in [-0.2, 0) is 0 Å². The SMILES string of the molecule is Cc1ccc(-c2nc(N3CCN(C)CC3)no2)c(F)c1. The first kappa shape index (κ1) is 13.1. The van der Waals surface area contributed by atoms with Crippen molar-refractivity contribution in [3.8, 4) is 11.5 Å². The van der Waals surface area contributed by atoms with Gasteiger partial charge in [-0.1, -0.05) is 6.07 Å². The molecule has 2 aromatic rings. The average Bonchev–Trinajstić information content (AvgIpc) is 2.89. The third-order valence-corrected chi connectivity index (χ3v) is 3.56. The Hall–Kier alpha value is -1.95. The smallest absolute Gasteiger partial charge is 0.266 e. The highest BCUT2D eigenvalue weighted by molar-refractivity contribution is 5.56. The first-order valence-corrected chi connectivity index (χ1v) is 6.67. The molecule has 0 unspecified atom stereocenters. The molecule has 1 aliphatic rings. The largest absolute Gasteiger partial charge is 0.336 e. The fraction of sp³-hybridized carbons (Fsp3) is 0.429. The number of hydrogen-bond acceptors (Lipinski definition) is 5. The van der Waals surface area contributed by atoms with E-state index in [1.807, 2.05) is 13.0 Å². The monoisotopic (exact) mass is 276 g/mol. The molecule has 0 saturated carbocycles. The molecule has 0 bridgehead atoms. The Morgan fingerprint density at radius 3 is 2.65 bits per heavy atom. The van der Waals surface area contributed by atoms with Crippen molar-refractivity contribution in [2.24, 2.45) is 0 Å². The topological polar surface area (TPSA) is 45.4 Å². The predicted octanol–water partition coefficient (Wildman–Crippen LogP) is 1.94. The maximum absolute atomic E-state index is 13.9. The van der Waals surface area contributed by atoms with Crippen LogP contribution in [0, 0.1) is 12.7 Å². The zero-order valence-electron chi connectivity index (χ0n) is 11.6. The lowest BCUT2D eigenvalue weighted by Crippen LogP contribution is -2.44. The first-order valence-electron chi connectivity index (χ1n) is 6.67. The second-order valence-electron chi connectivity index (χ2n) is 5.17. The van der Waals surface area contributed by atoms with Crippen molar-refractivity contribution in [1.29, 1.82) is 0 Å². The Labute approximate surface area is 117 Å². The summed E-state index contributed by atoms with van der Waals surface area (Å²) in [6.07, 6.45) is 0. The minimum absolute atomic E-state index is 0.233. The lowest BCUT2D eigenvalue weighted by Gasteiger charge is -2.31. The molecule has 5 nitrogen and oxygen atoms in total. The molecule has 0 spiro atoms. The number of piperazine rings is 1. The van der Waals surface area contributed by atoms with Gasteiger partial charge < -0.3 is 14.3 Å². The summed E-state index contributed by atoms with van der Waals surface area (Å²) in [6.45, 7) is 5.47. The van der Waals surface area contributed by atoms with Gasteiger partial charge >= 0.3 is 0 Å². The highest BCUT2D eigenvalue weighted by Crippen LogP contribution is 2.24. The second-order valence-corrected chi connectivity index (χ2v) is 5.17. The Balaban J connectivity index is 1.83. The Morgan fingerprint density at radius 1 is 1.20 bits per heavy atom. The molecule has 106 valence electrons. The van der Waals surface area contributed by atoms with Gasteiger partial charge in [0.15, 0.2) is 0 Å². The molecule has 1 saturated heterocycles. The second kappa shape index (κ2) is 5.20. The standard InChI is InChI=1S/C14H17FN4O/c1-10-3-4-11(12(15)9-10)13-16-14(17-20-13)19-7-5-18(2)6-8-19/h3-4,9H,5-8H2,1-2H3. The number of hydrogen-bond donors (Lipinski definition) is 0. The molecular weight excluding hydrogens is 259 g/mol. The van der Waals surface area contributed by atoms with Crippen molar-refractivity contribution in [2.45, 2.75) is 6.92 Å². The average molecular weight is 276 g/mol. The molecule has 3 rings (SSSR count). The van der Waals surface area contributed by atoms with E-state index in [1.54, 1.807) is 6.07 Å². The van der Waals surface area contributed by atoms with Gasteiger partial charge in [-0.25, -0.2) is 4.39 Å². The van der Waals surface area contributed by atoms with Crippen LogP contribution in [0.4, 0.5) is 10.3 Å². The van der Waals surface area contributed by atoms with Crippen molar-refractivity contribution in [3.63, 3.8) is 0 Å². The van der Waals surface area contributed by atoms with Crippen LogP contribution in [0.1, 0.15) is 5.56 Å². The molecule has 20 heavy (non-hydrogen) atoms. The maximum Gasteiger partial charge on any atom is 0.266 e. The van der Waals surface area contributed by atoms with Crippen LogP contribution in [0.2, 0.25) is 0 Å². The zero-order chi connectivity index (χ0) is 14.1. The van der Waals surface area contributed by atoms with Gasteiger partial charge in [-0.05, 0) is 36.8 Å². The highest BCUT2D eigenvalue weighted by atomic mass is 19.1. The molecule has 1 aromatic carbocycles. The van der Waals surface area contributed by atoms with E-state index in [-0.39, 0.29) is 11.7 Å². The van der Waals surface area contributed by atoms with Crippen molar-refractivity contribution in [3.05, 3.63) is 29.6 Å². The summed E-state index contributed by atoms with van der Waals surface area (Å²) in [4.78, 5) is 8.61. The Morgan fingerprint density at radius 2 is 1.95 bits per heavy atom. The molecule has 1 aliphatic heterocycles. The normalized spacial score (nSPS) is 16.6. The summed E-state index contributed by atoms with van der Waals surface area (Å²) < 4.78 is 19.1. The van der Waals surface area contributed by atoms with Gasteiger partial charge in [0.1, 0.15) is 5.82 Å². The summed E-state index contributed by atoms with van der Waals surface area (Å²) in [7, 11) is 2.08. The first-order chi connectivity index (χ1) is 9.63. The molecule has 0 atom stereocenters. The summed E-state index contributed by atoms with van der Waals surface area (Å²) >= 11 is 0. The van der Waals surface area contributed by atoms with Crippen LogP contribution in [0.25, 0.3) is 11.5 Å². The zero-order valence-corrected chi connectivity index (χ0v) is 11.6. The fourth-order valence-electron chi connectivity index (χ4n) is 2.25. The van der Waals surface area contributed by atoms with Gasteiger partial charge in [-0.3, -0.25) is 0 Å². The van der Waals surface area contributed by atoms with E-state index in [2.05, 4.69) is 27.0 Å². The van der Waals surface area contributed by atoms with E-state index in [0.29, 0.717) is 11.5 Å². The number of benzene rings is 1. The van der Waals surface area contributed by atoms with Crippen LogP contribution in [0.3, 0.4) is 0 Å². The highest BCUT2D eigenvalue weighted by Gasteiger charge is 2.20. The lowest BCUT2D eigenvalue weighted by atomic mass is 10.1. The molecule has 0 aliphatic carbocycles. The van der Waals surface area contributed by atoms with Gasteiger partial charge in [0, 0.05) is 26.2 Å². The molecule has 1 fully saturated rings. The van der Waals surface area contributed by atoms with Crippen molar-refractivity contribution < 1.29 is 8.91 Å². The molecule has 6 heteroatoms. The molecule has 2 heterocycles. The van der Waals surface area contributed by atoms with Gasteiger partial charge in [-0.2, -0.15) is 4.98 Å². The van der Waals surface area contributed by atoms with E-state index in [4.69, 9.17) is 4.52 Å². The van der Waals surface area contributed by atoms with Crippen LogP contribution < -0.4 is 4.90 Å². The summed E-state index contributed by atoms with van der Waals surface area (Å²) in [5, 5.41) is 3.96. The van der Waals surface area contributed by atoms with Gasteiger partial charge in [0.25, 0.3) is 11.8 Å². The molecule has 0 N–H and O–H groups in total. The number of rotatable bonds is 2. The number of aryl methyl sites for hydroxylation is 1. The van der Waals surface area contributed by atoms with Crippen LogP contribution >= 0.6 is 0 Å². The quantitative estimate of drug-likeness (QED) is 0.838. The number of anilines is 1. The van der Waals surface area contributed by atoms with Crippen LogP contribution in [0.5, 0.6) is 0 Å². The van der Waals surface area contributed by atoms with Gasteiger partial charge in [0.2, 0.25) is 0 Å². The number of likely N-dealkylation sites (N-methyl/N-ethyl adjacent to an activating group) is 1. The number of halogens is 1. The lowest BCUT2D eigenvalue weighted by molar-refractivity contribution is 0.309. The fourth-order valence-corrected chi connectivity index (χ4v) is 2.25. The summed E-state index contributed by atoms with van der Waals surface area (Å²) in [6, 6.07) is 4.97. The number of nitrogens with zero attached hydrogens (tertiary/aromatic N) is 4. The van der Waals surface area contributed by atoms with E-state index in [0.717, 1.165) is 31.7 Å². The van der Waals surface area contributed by atoms with Crippen molar-refractivity contribution in [2.75, 3.05) is 38.1 Å². The number of aromatic nitrogens is 2. The van der Waals surface area contributed by atoms with E-state index in [9.17, 15) is 4.39 Å². The van der Waals surface area contributed by atoms with E-state index >= 15 is 0 Å². The third kappa shape index (κ3) is 2.51.